The van der Waals surface area contributed by atoms with Gasteiger partial charge in [0.2, 0.25) is 0 Å². The molecule has 0 atom stereocenters. The van der Waals surface area contributed by atoms with E-state index >= 15 is 0 Å². The Hall–Kier alpha value is -1.31. The standard InChI is InChI=1S/C14H21NO3.C13H28NO.BrH/c1-2-3-4-5-8-11-18-13-10-7-6-9-12(13)15-14(16)17;1-2-3-4-6-9-14(12-13-15)10-7-5-8-11-14;/h6-7,9-10,15H,2-5,8,11H2,1H3,(H,16,17);15H,2-13H2,1H3;1H/q;+1;/p-2. The number of aliphatic hydroxyl groups excluding tert-OH is 1. The second-order valence-electron chi connectivity index (χ2n) is 9.25. The molecule has 6 nitrogen and oxygen atoms in total. The minimum atomic E-state index is -1.33. The molecule has 0 unspecified atom stereocenters. The molecule has 7 heteroatoms. The summed E-state index contributed by atoms with van der Waals surface area (Å²) in [5.41, 5.74) is 0.436. The van der Waals surface area contributed by atoms with Crippen molar-refractivity contribution >= 4 is 11.8 Å². The van der Waals surface area contributed by atoms with Gasteiger partial charge in [-0.1, -0.05) is 64.5 Å². The molecule has 0 bridgehead atoms. The zero-order valence-electron chi connectivity index (χ0n) is 21.5. The Labute approximate surface area is 218 Å². The Balaban J connectivity index is 0.000000632. The third-order valence-electron chi connectivity index (χ3n) is 6.45. The minimum Gasteiger partial charge on any atom is -1.00 e. The first-order chi connectivity index (χ1) is 16.1. The van der Waals surface area contributed by atoms with Crippen LogP contribution < -0.4 is 32.1 Å². The lowest BCUT2D eigenvalue weighted by Gasteiger charge is -2.41. The number of aliphatic hydroxyl groups is 1. The van der Waals surface area contributed by atoms with E-state index in [4.69, 9.17) is 4.74 Å². The molecule has 1 aliphatic rings. The number of unbranched alkanes of at least 4 members (excludes halogenated alkanes) is 7. The molecule has 0 radical (unpaired) electrons. The summed E-state index contributed by atoms with van der Waals surface area (Å²) < 4.78 is 6.77. The maximum atomic E-state index is 10.5. The van der Waals surface area contributed by atoms with Crippen molar-refractivity contribution in [1.29, 1.82) is 0 Å². The number of carbonyl (C=O) groups is 1. The molecule has 2 N–H and O–H groups in total. The molecule has 1 amide bonds. The third-order valence-corrected chi connectivity index (χ3v) is 6.45. The van der Waals surface area contributed by atoms with Crippen LogP contribution in [-0.2, 0) is 0 Å². The highest BCUT2D eigenvalue weighted by atomic mass is 79.9. The molecule has 1 aromatic carbocycles. The molecular formula is C27H48BrN2O4-. The number of halogens is 1. The average Bonchev–Trinajstić information content (AvgIpc) is 2.81. The minimum absolute atomic E-state index is 0. The number of benzene rings is 1. The van der Waals surface area contributed by atoms with Crippen LogP contribution in [0.4, 0.5) is 10.5 Å². The highest BCUT2D eigenvalue weighted by Crippen LogP contribution is 2.24. The molecule has 1 aromatic rings. The van der Waals surface area contributed by atoms with E-state index in [0.29, 0.717) is 24.7 Å². The summed E-state index contributed by atoms with van der Waals surface area (Å²) in [6.45, 7) is 10.3. The summed E-state index contributed by atoms with van der Waals surface area (Å²) in [7, 11) is 0. The van der Waals surface area contributed by atoms with Gasteiger partial charge >= 0.3 is 0 Å². The summed E-state index contributed by atoms with van der Waals surface area (Å²) in [6.07, 6.45) is 14.1. The Morgan fingerprint density at radius 3 is 2.18 bits per heavy atom. The SMILES string of the molecule is CCCCCCCOc1ccccc1NC(=O)[O-].CCCCCC[N+]1(CCO)CCCCC1.[Br-]. The van der Waals surface area contributed by atoms with E-state index in [0.717, 1.165) is 19.4 Å². The Morgan fingerprint density at radius 2 is 1.56 bits per heavy atom. The van der Waals surface area contributed by atoms with Crippen molar-refractivity contribution in [1.82, 2.24) is 0 Å². The number of piperidine rings is 1. The fourth-order valence-electron chi connectivity index (χ4n) is 4.52. The summed E-state index contributed by atoms with van der Waals surface area (Å²) >= 11 is 0. The second-order valence-corrected chi connectivity index (χ2v) is 9.25. The fraction of sp³-hybridized carbons (Fsp3) is 0.741. The van der Waals surface area contributed by atoms with Crippen molar-refractivity contribution in [2.45, 2.75) is 90.9 Å². The summed E-state index contributed by atoms with van der Waals surface area (Å²) in [5, 5.41) is 21.9. The number of nitrogens with one attached hydrogen (secondary N) is 1. The van der Waals surface area contributed by atoms with Crippen molar-refractivity contribution in [3.63, 3.8) is 0 Å². The third kappa shape index (κ3) is 14.8. The molecule has 1 saturated heterocycles. The first-order valence-corrected chi connectivity index (χ1v) is 13.2. The number of ether oxygens (including phenoxy) is 1. The number of amides is 1. The predicted molar refractivity (Wildman–Crippen MR) is 135 cm³/mol. The molecule has 0 spiro atoms. The average molecular weight is 545 g/mol. The van der Waals surface area contributed by atoms with E-state index in [1.54, 1.807) is 18.2 Å². The molecule has 0 aromatic heterocycles. The van der Waals surface area contributed by atoms with Gasteiger partial charge in [0.15, 0.2) is 0 Å². The zero-order valence-corrected chi connectivity index (χ0v) is 23.1. The molecule has 34 heavy (non-hydrogen) atoms. The first kappa shape index (κ1) is 32.7. The van der Waals surface area contributed by atoms with Crippen LogP contribution in [0.5, 0.6) is 5.75 Å². The van der Waals surface area contributed by atoms with Gasteiger partial charge in [-0.2, -0.15) is 0 Å². The lowest BCUT2D eigenvalue weighted by atomic mass is 10.1. The molecule has 1 heterocycles. The largest absolute Gasteiger partial charge is 1.00 e. The van der Waals surface area contributed by atoms with Crippen LogP contribution in [0.2, 0.25) is 0 Å². The molecule has 0 saturated carbocycles. The van der Waals surface area contributed by atoms with Gasteiger partial charge in [-0.15, -0.1) is 0 Å². The van der Waals surface area contributed by atoms with Gasteiger partial charge in [0.1, 0.15) is 18.4 Å². The van der Waals surface area contributed by atoms with Crippen molar-refractivity contribution in [3.05, 3.63) is 24.3 Å². The van der Waals surface area contributed by atoms with Gasteiger partial charge in [0, 0.05) is 0 Å². The maximum absolute atomic E-state index is 10.5. The number of carboxylic acid groups (broad SMARTS) is 1. The number of hydrogen-bond acceptors (Lipinski definition) is 4. The van der Waals surface area contributed by atoms with Crippen LogP contribution in [0.1, 0.15) is 90.9 Å². The zero-order chi connectivity index (χ0) is 24.2. The maximum Gasteiger partial charge on any atom is 0.142 e. The van der Waals surface area contributed by atoms with E-state index in [-0.39, 0.29) is 17.0 Å². The lowest BCUT2D eigenvalue weighted by molar-refractivity contribution is -0.932. The topological polar surface area (TPSA) is 81.6 Å². The van der Waals surface area contributed by atoms with E-state index in [1.807, 2.05) is 6.07 Å². The smallest absolute Gasteiger partial charge is 0.142 e. The Morgan fingerprint density at radius 1 is 0.941 bits per heavy atom. The molecule has 2 rings (SSSR count). The van der Waals surface area contributed by atoms with Crippen LogP contribution in [0.3, 0.4) is 0 Å². The molecule has 198 valence electrons. The van der Waals surface area contributed by atoms with Crippen LogP contribution in [-0.4, -0.2) is 55.1 Å². The first-order valence-electron chi connectivity index (χ1n) is 13.2. The number of quaternary nitrogens is 1. The van der Waals surface area contributed by atoms with Gasteiger partial charge in [-0.05, 0) is 50.7 Å². The number of rotatable bonds is 15. The van der Waals surface area contributed by atoms with Gasteiger partial charge in [0.05, 0.1) is 38.5 Å². The number of nitrogens with zero attached hydrogens (tertiary/aromatic N) is 1. The summed E-state index contributed by atoms with van der Waals surface area (Å²) in [5.74, 6) is 0.553. The van der Waals surface area contributed by atoms with Crippen molar-refractivity contribution < 1.29 is 41.2 Å². The number of hydrogen-bond donors (Lipinski definition) is 2. The molecule has 1 aliphatic heterocycles. The predicted octanol–water partition coefficient (Wildman–Crippen LogP) is 2.35. The van der Waals surface area contributed by atoms with Gasteiger partial charge < -0.3 is 46.5 Å². The van der Waals surface area contributed by atoms with Crippen molar-refractivity contribution in [3.8, 4) is 5.75 Å². The quantitative estimate of drug-likeness (QED) is 0.263. The van der Waals surface area contributed by atoms with E-state index < -0.39 is 6.09 Å². The lowest BCUT2D eigenvalue weighted by Crippen LogP contribution is -3.00. The van der Waals surface area contributed by atoms with Crippen molar-refractivity contribution in [2.24, 2.45) is 0 Å². The van der Waals surface area contributed by atoms with Crippen LogP contribution >= 0.6 is 0 Å². The second kappa shape index (κ2) is 21.0. The van der Waals surface area contributed by atoms with E-state index in [2.05, 4.69) is 19.2 Å². The van der Waals surface area contributed by atoms with Crippen LogP contribution in [0, 0.1) is 0 Å². The van der Waals surface area contributed by atoms with E-state index in [1.165, 1.54) is 88.3 Å². The Bertz CT molecular complexity index is 619. The molecule has 1 fully saturated rings. The summed E-state index contributed by atoms with van der Waals surface area (Å²) in [6, 6.07) is 6.96. The van der Waals surface area contributed by atoms with Gasteiger partial charge in [-0.3, -0.25) is 0 Å². The number of carbonyl (C=O) groups excluding carboxylic acids is 1. The highest BCUT2D eigenvalue weighted by molar-refractivity contribution is 5.83. The Kier molecular flexibility index (Phi) is 20.2. The normalized spacial score (nSPS) is 14.3. The van der Waals surface area contributed by atoms with Crippen LogP contribution in [0.15, 0.2) is 24.3 Å². The summed E-state index contributed by atoms with van der Waals surface area (Å²) in [4.78, 5) is 10.5. The number of anilines is 1. The molecule has 0 aliphatic carbocycles. The molecular weight excluding hydrogens is 496 g/mol. The van der Waals surface area contributed by atoms with Crippen molar-refractivity contribution in [2.75, 3.05) is 44.7 Å². The van der Waals surface area contributed by atoms with Crippen LogP contribution in [0.25, 0.3) is 0 Å². The van der Waals surface area contributed by atoms with Gasteiger partial charge in [0.25, 0.3) is 0 Å². The highest BCUT2D eigenvalue weighted by Gasteiger charge is 2.28. The van der Waals surface area contributed by atoms with E-state index in [9.17, 15) is 15.0 Å². The van der Waals surface area contributed by atoms with Gasteiger partial charge in [-0.25, -0.2) is 0 Å². The number of para-hydroxylation sites is 2. The fourth-order valence-corrected chi connectivity index (χ4v) is 4.52. The number of likely N-dealkylation sites (tertiary alicyclic amines) is 1. The monoisotopic (exact) mass is 543 g/mol.